The molecule has 0 aromatic carbocycles. The monoisotopic (exact) mass is 460 g/mol. The number of ether oxygens (including phenoxy) is 1. The summed E-state index contributed by atoms with van der Waals surface area (Å²) in [6.07, 6.45) is 4.43. The second-order valence-electron chi connectivity index (χ2n) is 5.30. The van der Waals surface area contributed by atoms with Crippen LogP contribution in [0.15, 0.2) is 41.7 Å². The van der Waals surface area contributed by atoms with Gasteiger partial charge in [0.05, 0.1) is 12.7 Å². The summed E-state index contributed by atoms with van der Waals surface area (Å²) in [6, 6.07) is 8.42. The normalized spacial score (nSPS) is 12.2. The standard InChI is InChI=1S/C17H24N4OS.HI/c1-13(11-16-7-6-14(2)23-16)21-17(18-3)20-9-10-22-15-5-4-8-19-12-15;/h4-8,12-13H,9-11H2,1-3H3,(H2,18,20,21);1H. The van der Waals surface area contributed by atoms with Crippen molar-refractivity contribution >= 4 is 41.3 Å². The van der Waals surface area contributed by atoms with E-state index in [-0.39, 0.29) is 24.0 Å². The van der Waals surface area contributed by atoms with Crippen molar-refractivity contribution in [3.8, 4) is 5.75 Å². The lowest BCUT2D eigenvalue weighted by atomic mass is 10.2. The third-order valence-corrected chi connectivity index (χ3v) is 4.23. The molecule has 0 amide bonds. The van der Waals surface area contributed by atoms with Crippen molar-refractivity contribution in [2.75, 3.05) is 20.2 Å². The van der Waals surface area contributed by atoms with Crippen molar-refractivity contribution in [1.82, 2.24) is 15.6 Å². The molecule has 24 heavy (non-hydrogen) atoms. The van der Waals surface area contributed by atoms with Gasteiger partial charge < -0.3 is 15.4 Å². The van der Waals surface area contributed by atoms with Crippen LogP contribution in [-0.2, 0) is 6.42 Å². The predicted octanol–water partition coefficient (Wildman–Crippen LogP) is 3.24. The van der Waals surface area contributed by atoms with Crippen LogP contribution in [0.1, 0.15) is 16.7 Å². The van der Waals surface area contributed by atoms with Crippen LogP contribution < -0.4 is 15.4 Å². The second kappa shape index (κ2) is 11.2. The number of hydrogen-bond acceptors (Lipinski definition) is 4. The minimum Gasteiger partial charge on any atom is -0.490 e. The summed E-state index contributed by atoms with van der Waals surface area (Å²) in [5, 5.41) is 6.66. The number of aliphatic imine (C=N–C) groups is 1. The van der Waals surface area contributed by atoms with E-state index in [4.69, 9.17) is 4.74 Å². The molecule has 5 nitrogen and oxygen atoms in total. The molecule has 1 atom stereocenters. The van der Waals surface area contributed by atoms with Crippen molar-refractivity contribution in [3.05, 3.63) is 46.4 Å². The zero-order valence-electron chi connectivity index (χ0n) is 14.3. The van der Waals surface area contributed by atoms with E-state index >= 15 is 0 Å². The maximum atomic E-state index is 5.60. The molecule has 0 fully saturated rings. The highest BCUT2D eigenvalue weighted by Gasteiger charge is 2.07. The Kier molecular flexibility index (Phi) is 9.70. The van der Waals surface area contributed by atoms with Crippen LogP contribution in [-0.4, -0.2) is 37.2 Å². The highest BCUT2D eigenvalue weighted by atomic mass is 127. The molecule has 7 heteroatoms. The van der Waals surface area contributed by atoms with Gasteiger partial charge in [-0.3, -0.25) is 9.98 Å². The Labute approximate surface area is 165 Å². The van der Waals surface area contributed by atoms with Crippen molar-refractivity contribution in [2.24, 2.45) is 4.99 Å². The number of nitrogens with zero attached hydrogens (tertiary/aromatic N) is 2. The maximum absolute atomic E-state index is 5.60. The topological polar surface area (TPSA) is 58.5 Å². The summed E-state index contributed by atoms with van der Waals surface area (Å²) in [4.78, 5) is 11.0. The third-order valence-electron chi connectivity index (χ3n) is 3.21. The van der Waals surface area contributed by atoms with Crippen molar-refractivity contribution < 1.29 is 4.74 Å². The van der Waals surface area contributed by atoms with Gasteiger partial charge in [-0.15, -0.1) is 35.3 Å². The summed E-state index contributed by atoms with van der Waals surface area (Å²) >= 11 is 1.84. The van der Waals surface area contributed by atoms with Crippen LogP contribution in [0.3, 0.4) is 0 Å². The first-order valence-corrected chi connectivity index (χ1v) is 8.54. The molecule has 0 bridgehead atoms. The predicted molar refractivity (Wildman–Crippen MR) is 112 cm³/mol. The molecule has 2 aromatic rings. The zero-order valence-corrected chi connectivity index (χ0v) is 17.4. The van der Waals surface area contributed by atoms with Gasteiger partial charge in [0.25, 0.3) is 0 Å². The van der Waals surface area contributed by atoms with Crippen LogP contribution in [0.25, 0.3) is 0 Å². The number of pyridine rings is 1. The number of rotatable bonds is 7. The highest BCUT2D eigenvalue weighted by Crippen LogP contribution is 2.16. The average molecular weight is 460 g/mol. The molecular weight excluding hydrogens is 435 g/mol. The number of thiophene rings is 1. The van der Waals surface area contributed by atoms with Crippen molar-refractivity contribution in [2.45, 2.75) is 26.3 Å². The molecule has 0 aliphatic rings. The summed E-state index contributed by atoms with van der Waals surface area (Å²) in [5.74, 6) is 1.57. The molecule has 0 saturated carbocycles. The second-order valence-corrected chi connectivity index (χ2v) is 6.67. The fourth-order valence-corrected chi connectivity index (χ4v) is 3.17. The Hall–Kier alpha value is -1.35. The lowest BCUT2D eigenvalue weighted by Gasteiger charge is -2.17. The van der Waals surface area contributed by atoms with Crippen molar-refractivity contribution in [3.63, 3.8) is 0 Å². The van der Waals surface area contributed by atoms with E-state index in [2.05, 4.69) is 46.6 Å². The first kappa shape index (κ1) is 20.7. The molecule has 0 spiro atoms. The first-order chi connectivity index (χ1) is 11.2. The van der Waals surface area contributed by atoms with E-state index in [0.717, 1.165) is 18.1 Å². The van der Waals surface area contributed by atoms with Crippen molar-refractivity contribution in [1.29, 1.82) is 0 Å². The molecule has 0 aliphatic heterocycles. The Morgan fingerprint density at radius 2 is 2.21 bits per heavy atom. The molecule has 1 unspecified atom stereocenters. The molecule has 2 rings (SSSR count). The number of nitrogens with one attached hydrogen (secondary N) is 2. The molecule has 2 aromatic heterocycles. The van der Waals surface area contributed by atoms with Gasteiger partial charge in [0, 0.05) is 35.5 Å². The fourth-order valence-electron chi connectivity index (χ4n) is 2.15. The van der Waals surface area contributed by atoms with Gasteiger partial charge in [0.15, 0.2) is 5.96 Å². The largest absolute Gasteiger partial charge is 0.490 e. The SMILES string of the molecule is CN=C(NCCOc1cccnc1)NC(C)Cc1ccc(C)s1.I. The van der Waals surface area contributed by atoms with Crippen LogP contribution in [0.4, 0.5) is 0 Å². The summed E-state index contributed by atoms with van der Waals surface area (Å²) in [5.41, 5.74) is 0. The van der Waals surface area contributed by atoms with E-state index in [1.54, 1.807) is 19.4 Å². The lowest BCUT2D eigenvalue weighted by Crippen LogP contribution is -2.44. The van der Waals surface area contributed by atoms with Gasteiger partial charge in [0.2, 0.25) is 0 Å². The van der Waals surface area contributed by atoms with E-state index in [9.17, 15) is 0 Å². The summed E-state index contributed by atoms with van der Waals surface area (Å²) < 4.78 is 5.60. The van der Waals surface area contributed by atoms with Gasteiger partial charge in [-0.05, 0) is 38.1 Å². The molecule has 0 radical (unpaired) electrons. The van der Waals surface area contributed by atoms with E-state index in [0.29, 0.717) is 19.2 Å². The Balaban J connectivity index is 0.00000288. The average Bonchev–Trinajstić information content (AvgIpc) is 2.96. The van der Waals surface area contributed by atoms with E-state index < -0.39 is 0 Å². The van der Waals surface area contributed by atoms with Gasteiger partial charge in [-0.25, -0.2) is 0 Å². The van der Waals surface area contributed by atoms with Crippen LogP contribution >= 0.6 is 35.3 Å². The van der Waals surface area contributed by atoms with Gasteiger partial charge in [0.1, 0.15) is 12.4 Å². The lowest BCUT2D eigenvalue weighted by molar-refractivity contribution is 0.320. The van der Waals surface area contributed by atoms with E-state index in [1.165, 1.54) is 9.75 Å². The Morgan fingerprint density at radius 1 is 1.38 bits per heavy atom. The zero-order chi connectivity index (χ0) is 16.5. The molecule has 132 valence electrons. The van der Waals surface area contributed by atoms with Crippen LogP contribution in [0, 0.1) is 6.92 Å². The summed E-state index contributed by atoms with van der Waals surface area (Å²) in [6.45, 7) is 5.54. The third kappa shape index (κ3) is 7.48. The highest BCUT2D eigenvalue weighted by molar-refractivity contribution is 14.0. The minimum atomic E-state index is 0. The van der Waals surface area contributed by atoms with Crippen LogP contribution in [0.2, 0.25) is 0 Å². The number of aromatic nitrogens is 1. The maximum Gasteiger partial charge on any atom is 0.191 e. The Bertz CT molecular complexity index is 618. The number of aryl methyl sites for hydroxylation is 1. The van der Waals surface area contributed by atoms with Gasteiger partial charge in [-0.2, -0.15) is 0 Å². The smallest absolute Gasteiger partial charge is 0.191 e. The summed E-state index contributed by atoms with van der Waals surface area (Å²) in [7, 11) is 1.78. The van der Waals surface area contributed by atoms with Crippen LogP contribution in [0.5, 0.6) is 5.75 Å². The van der Waals surface area contributed by atoms with E-state index in [1.807, 2.05) is 23.5 Å². The molecule has 0 aliphatic carbocycles. The number of halogens is 1. The minimum absolute atomic E-state index is 0. The van der Waals surface area contributed by atoms with Gasteiger partial charge in [-0.1, -0.05) is 0 Å². The number of hydrogen-bond donors (Lipinski definition) is 2. The van der Waals surface area contributed by atoms with Gasteiger partial charge >= 0.3 is 0 Å². The molecule has 2 heterocycles. The Morgan fingerprint density at radius 3 is 2.83 bits per heavy atom. The first-order valence-electron chi connectivity index (χ1n) is 7.72. The molecular formula is C17H25IN4OS. The molecule has 2 N–H and O–H groups in total. The fraction of sp³-hybridized carbons (Fsp3) is 0.412. The quantitative estimate of drug-likeness (QED) is 0.288. The molecule has 0 saturated heterocycles. The number of guanidine groups is 1.